The Bertz CT molecular complexity index is 8040. The summed E-state index contributed by atoms with van der Waals surface area (Å²) in [5.74, 6) is 1.29. The van der Waals surface area contributed by atoms with Crippen molar-refractivity contribution < 1.29 is 4.42 Å². The van der Waals surface area contributed by atoms with Gasteiger partial charge in [-0.25, -0.2) is 19.9 Å². The lowest BCUT2D eigenvalue weighted by Crippen LogP contribution is -2.25. The second-order valence-corrected chi connectivity index (χ2v) is 33.0. The number of fused-ring (bicyclic) bond motifs is 38. The van der Waals surface area contributed by atoms with Crippen molar-refractivity contribution in [2.45, 2.75) is 10.8 Å². The van der Waals surface area contributed by atoms with Gasteiger partial charge in [0.1, 0.15) is 16.8 Å². The number of thiophene rings is 1. The Hall–Kier alpha value is -15.2. The van der Waals surface area contributed by atoms with E-state index in [1.807, 2.05) is 12.1 Å². The SMILES string of the molecule is c1ccc2c(c1)-c1ccccc1C21c2ccccc2-c2c(-c3nc(-n4c5cc6ccccc6cc5c5c6ccccc6ccc54)nc4c3oc3ccccc34)cccc21.c1ccc2c(c1)-c1ccccc1C21c2ccccc2-c2c(-c3nc(-n4c5cc6ccccc6cc5c5c6ccccc6ccc54)nc4c3sc3ccccc34)cccc21. The third-order valence-corrected chi connectivity index (χ3v) is 27.6. The number of benzene rings is 18. The van der Waals surface area contributed by atoms with Crippen LogP contribution in [0.5, 0.6) is 0 Å². The minimum absolute atomic E-state index is 0.445. The molecule has 0 unspecified atom stereocenters. The lowest BCUT2D eigenvalue weighted by atomic mass is 9.70. The number of nitrogens with zero attached hydrogens (tertiary/aromatic N) is 6. The third kappa shape index (κ3) is 8.34. The summed E-state index contributed by atoms with van der Waals surface area (Å²) < 4.78 is 13.7. The van der Waals surface area contributed by atoms with Gasteiger partial charge in [-0.3, -0.25) is 9.13 Å². The van der Waals surface area contributed by atoms with Gasteiger partial charge in [-0.2, -0.15) is 0 Å². The van der Waals surface area contributed by atoms with Crippen molar-refractivity contribution in [2.24, 2.45) is 0 Å². The van der Waals surface area contributed by atoms with Crippen LogP contribution in [0.25, 0.3) is 208 Å². The molecule has 24 aromatic rings. The quantitative estimate of drug-likeness (QED) is 0.176. The molecular formula is C110H62N6OS. The van der Waals surface area contributed by atoms with Crippen LogP contribution in [0.2, 0.25) is 0 Å². The van der Waals surface area contributed by atoms with Gasteiger partial charge >= 0.3 is 0 Å². The number of furan rings is 1. The van der Waals surface area contributed by atoms with Gasteiger partial charge in [0, 0.05) is 48.1 Å². The molecule has 0 radical (unpaired) electrons. The first-order valence-electron chi connectivity index (χ1n) is 40.5. The molecule has 28 rings (SSSR count). The number of hydrogen-bond donors (Lipinski definition) is 0. The summed E-state index contributed by atoms with van der Waals surface area (Å²) in [7, 11) is 0. The van der Waals surface area contributed by atoms with Crippen LogP contribution in [0, 0.1) is 0 Å². The zero-order valence-electron chi connectivity index (χ0n) is 63.3. The Morgan fingerprint density at radius 2 is 0.602 bits per heavy atom. The third-order valence-electron chi connectivity index (χ3n) is 26.4. The maximum atomic E-state index is 6.84. The standard InChI is InChI=1S/C55H31N3O.C55H31N3S/c2*1-2-16-34-31-47-41(30-33(34)15-1)50-35-17-4-3-14-32(35)28-29-46(50)58(47)54-56-51-39-21-8-12-27-48(39)59-53(51)52(57-54)40-22-13-26-45-49(40)38-20-7-11-25-44(38)55(45)42-23-9-5-18-36(42)37-19-6-10-24-43(37)55/h2*1-31H. The molecule has 118 heavy (non-hydrogen) atoms. The van der Waals surface area contributed by atoms with E-state index in [0.29, 0.717) is 17.5 Å². The lowest BCUT2D eigenvalue weighted by molar-refractivity contribution is 0.666. The molecule has 4 aliphatic rings. The molecule has 4 aliphatic carbocycles. The van der Waals surface area contributed by atoms with E-state index in [9.17, 15) is 0 Å². The summed E-state index contributed by atoms with van der Waals surface area (Å²) in [6.07, 6.45) is 0. The van der Waals surface area contributed by atoms with Crippen molar-refractivity contribution in [3.05, 3.63) is 421 Å². The minimum atomic E-state index is -0.479. The van der Waals surface area contributed by atoms with Gasteiger partial charge in [0.05, 0.1) is 48.8 Å². The summed E-state index contributed by atoms with van der Waals surface area (Å²) in [6.45, 7) is 0. The van der Waals surface area contributed by atoms with Gasteiger partial charge in [0.15, 0.2) is 5.58 Å². The van der Waals surface area contributed by atoms with Crippen LogP contribution in [0.4, 0.5) is 0 Å². The van der Waals surface area contributed by atoms with Crippen molar-refractivity contribution in [1.82, 2.24) is 29.1 Å². The van der Waals surface area contributed by atoms with Crippen molar-refractivity contribution >= 4 is 140 Å². The number of rotatable bonds is 4. The highest BCUT2D eigenvalue weighted by atomic mass is 32.1. The molecule has 0 saturated heterocycles. The van der Waals surface area contributed by atoms with E-state index in [-0.39, 0.29) is 0 Å². The van der Waals surface area contributed by atoms with Gasteiger partial charge in [-0.15, -0.1) is 11.3 Å². The largest absolute Gasteiger partial charge is 0.452 e. The van der Waals surface area contributed by atoms with Crippen LogP contribution in [0.3, 0.4) is 0 Å². The zero-order valence-corrected chi connectivity index (χ0v) is 64.1. The molecule has 0 atom stereocenters. The zero-order chi connectivity index (χ0) is 76.8. The van der Waals surface area contributed by atoms with Gasteiger partial charge in [0.2, 0.25) is 11.9 Å². The monoisotopic (exact) mass is 1510 g/mol. The normalized spacial score (nSPS) is 13.6. The van der Waals surface area contributed by atoms with E-state index >= 15 is 0 Å². The van der Waals surface area contributed by atoms with E-state index in [4.69, 9.17) is 24.4 Å². The Kier molecular flexibility index (Phi) is 12.9. The average Bonchev–Trinajstić information content (AvgIpc) is 1.51. The van der Waals surface area contributed by atoms with Crippen molar-refractivity contribution in [3.63, 3.8) is 0 Å². The molecule has 7 nitrogen and oxygen atoms in total. The molecule has 0 amide bonds. The van der Waals surface area contributed by atoms with Crippen molar-refractivity contribution in [1.29, 1.82) is 0 Å². The first kappa shape index (κ1) is 64.2. The smallest absolute Gasteiger partial charge is 0.236 e. The van der Waals surface area contributed by atoms with Gasteiger partial charge < -0.3 is 4.42 Å². The Morgan fingerprint density at radius 3 is 1.09 bits per heavy atom. The Balaban J connectivity index is 0.000000126. The molecule has 0 saturated carbocycles. The van der Waals surface area contributed by atoms with Crippen molar-refractivity contribution in [2.75, 3.05) is 0 Å². The molecule has 544 valence electrons. The summed E-state index contributed by atoms with van der Waals surface area (Å²) in [5.41, 5.74) is 31.1. The Labute approximate surface area is 679 Å². The summed E-state index contributed by atoms with van der Waals surface area (Å²) in [5, 5.41) is 16.5. The number of para-hydroxylation sites is 1. The van der Waals surface area contributed by atoms with Crippen molar-refractivity contribution in [3.8, 4) is 78.9 Å². The van der Waals surface area contributed by atoms with E-state index in [0.717, 1.165) is 76.7 Å². The molecule has 18 aromatic carbocycles. The number of hydrogen-bond acceptors (Lipinski definition) is 6. The maximum absolute atomic E-state index is 6.84. The number of aromatic nitrogens is 6. The van der Waals surface area contributed by atoms with Crippen LogP contribution in [0.1, 0.15) is 44.5 Å². The van der Waals surface area contributed by atoms with Crippen LogP contribution in [0.15, 0.2) is 381 Å². The topological polar surface area (TPSA) is 74.6 Å². The van der Waals surface area contributed by atoms with Gasteiger partial charge in [0.25, 0.3) is 0 Å². The predicted molar refractivity (Wildman–Crippen MR) is 486 cm³/mol. The summed E-state index contributed by atoms with van der Waals surface area (Å²) in [4.78, 5) is 22.5. The van der Waals surface area contributed by atoms with E-state index < -0.39 is 10.8 Å². The highest BCUT2D eigenvalue weighted by Gasteiger charge is 2.54. The van der Waals surface area contributed by atoms with Crippen LogP contribution < -0.4 is 0 Å². The first-order chi connectivity index (χ1) is 58.5. The fourth-order valence-electron chi connectivity index (χ4n) is 21.8. The maximum Gasteiger partial charge on any atom is 0.236 e. The van der Waals surface area contributed by atoms with Crippen LogP contribution in [-0.4, -0.2) is 29.1 Å². The fraction of sp³-hybridized carbons (Fsp3) is 0.0182. The molecule has 8 heteroatoms. The second-order valence-electron chi connectivity index (χ2n) is 32.0. The molecule has 6 aromatic heterocycles. The van der Waals surface area contributed by atoms with E-state index in [1.165, 1.54) is 158 Å². The second kappa shape index (κ2) is 23.7. The minimum Gasteiger partial charge on any atom is -0.452 e. The molecule has 0 bridgehead atoms. The highest BCUT2D eigenvalue weighted by Crippen LogP contribution is 2.67. The molecule has 0 N–H and O–H groups in total. The lowest BCUT2D eigenvalue weighted by Gasteiger charge is -2.30. The first-order valence-corrected chi connectivity index (χ1v) is 41.3. The molecule has 2 spiro atoms. The predicted octanol–water partition coefficient (Wildman–Crippen LogP) is 28.0. The average molecular weight is 1520 g/mol. The van der Waals surface area contributed by atoms with E-state index in [1.54, 1.807) is 11.3 Å². The summed E-state index contributed by atoms with van der Waals surface area (Å²) >= 11 is 1.79. The van der Waals surface area contributed by atoms with Gasteiger partial charge in [-0.1, -0.05) is 322 Å². The molecule has 0 aliphatic heterocycles. The van der Waals surface area contributed by atoms with E-state index in [2.05, 4.69) is 373 Å². The summed E-state index contributed by atoms with van der Waals surface area (Å²) in [6, 6.07) is 138. The molecular weight excluding hydrogens is 1450 g/mol. The van der Waals surface area contributed by atoms with Crippen LogP contribution in [-0.2, 0) is 10.8 Å². The van der Waals surface area contributed by atoms with Crippen LogP contribution >= 0.6 is 11.3 Å². The highest BCUT2D eigenvalue weighted by molar-refractivity contribution is 7.26. The molecule has 0 fully saturated rings. The fourth-order valence-corrected chi connectivity index (χ4v) is 22.9. The Morgan fingerprint density at radius 1 is 0.246 bits per heavy atom. The molecule has 6 heterocycles. The van der Waals surface area contributed by atoms with Gasteiger partial charge in [-0.05, 0) is 187 Å².